The molecule has 114 valence electrons. The average Bonchev–Trinajstić information content (AvgIpc) is 2.33. The number of alkyl halides is 6. The van der Waals surface area contributed by atoms with Crippen molar-refractivity contribution in [2.24, 2.45) is 5.73 Å². The maximum atomic E-state index is 12.6. The Hall–Kier alpha value is -1.24. The Labute approximate surface area is 112 Å². The third-order valence-corrected chi connectivity index (χ3v) is 2.91. The first-order valence-electron chi connectivity index (χ1n) is 6.10. The molecule has 0 radical (unpaired) electrons. The Balaban J connectivity index is 3.24. The zero-order chi connectivity index (χ0) is 15.6. The Morgan fingerprint density at radius 3 is 1.75 bits per heavy atom. The second-order valence-electron chi connectivity index (χ2n) is 4.59. The monoisotopic (exact) mass is 299 g/mol. The van der Waals surface area contributed by atoms with Crippen molar-refractivity contribution >= 4 is 0 Å². The third kappa shape index (κ3) is 4.40. The van der Waals surface area contributed by atoms with Gasteiger partial charge in [-0.05, 0) is 30.2 Å². The molecule has 20 heavy (non-hydrogen) atoms. The Morgan fingerprint density at radius 2 is 1.40 bits per heavy atom. The van der Waals surface area contributed by atoms with Crippen LogP contribution in [0, 0.1) is 0 Å². The number of rotatable bonds is 4. The van der Waals surface area contributed by atoms with Crippen LogP contribution in [0.4, 0.5) is 26.3 Å². The molecule has 1 rings (SSSR count). The molecular weight excluding hydrogens is 284 g/mol. The lowest BCUT2D eigenvalue weighted by molar-refractivity contribution is -0.143. The molecule has 0 saturated heterocycles. The highest BCUT2D eigenvalue weighted by Gasteiger charge is 2.37. The van der Waals surface area contributed by atoms with Gasteiger partial charge in [0.25, 0.3) is 0 Å². The maximum Gasteiger partial charge on any atom is 0.416 e. The van der Waals surface area contributed by atoms with Crippen molar-refractivity contribution in [1.29, 1.82) is 0 Å². The number of hydrogen-bond acceptors (Lipinski definition) is 1. The first-order valence-corrected chi connectivity index (χ1v) is 6.10. The maximum absolute atomic E-state index is 12.6. The molecule has 0 heterocycles. The first-order chi connectivity index (χ1) is 9.05. The van der Waals surface area contributed by atoms with Crippen molar-refractivity contribution in [1.82, 2.24) is 0 Å². The van der Waals surface area contributed by atoms with Gasteiger partial charge in [-0.25, -0.2) is 0 Å². The number of unbranched alkanes of at least 4 members (excludes halogenated alkanes) is 1. The predicted octanol–water partition coefficient (Wildman–Crippen LogP) is 4.91. The van der Waals surface area contributed by atoms with E-state index in [0.717, 1.165) is 6.42 Å². The van der Waals surface area contributed by atoms with Crippen molar-refractivity contribution in [3.63, 3.8) is 0 Å². The van der Waals surface area contributed by atoms with Gasteiger partial charge in [0.2, 0.25) is 0 Å². The molecule has 0 unspecified atom stereocenters. The zero-order valence-corrected chi connectivity index (χ0v) is 10.8. The highest BCUT2D eigenvalue weighted by Crippen LogP contribution is 2.37. The second kappa shape index (κ2) is 6.03. The van der Waals surface area contributed by atoms with E-state index in [0.29, 0.717) is 25.0 Å². The molecule has 1 atom stereocenters. The fourth-order valence-corrected chi connectivity index (χ4v) is 1.78. The zero-order valence-electron chi connectivity index (χ0n) is 10.8. The SMILES string of the molecule is CCCC[C@@H](N)c1cc(C(F)(F)F)cc(C(F)(F)F)c1. The molecule has 1 aromatic carbocycles. The van der Waals surface area contributed by atoms with Crippen LogP contribution in [0.5, 0.6) is 0 Å². The van der Waals surface area contributed by atoms with Crippen molar-refractivity contribution in [2.45, 2.75) is 44.6 Å². The van der Waals surface area contributed by atoms with Crippen molar-refractivity contribution in [2.75, 3.05) is 0 Å². The lowest BCUT2D eigenvalue weighted by Crippen LogP contribution is -2.16. The van der Waals surface area contributed by atoms with E-state index in [1.165, 1.54) is 0 Å². The van der Waals surface area contributed by atoms with Crippen LogP contribution >= 0.6 is 0 Å². The van der Waals surface area contributed by atoms with Crippen LogP contribution in [-0.2, 0) is 12.4 Å². The van der Waals surface area contributed by atoms with Crippen LogP contribution in [-0.4, -0.2) is 0 Å². The highest BCUT2D eigenvalue weighted by atomic mass is 19.4. The normalized spacial score (nSPS) is 14.4. The molecule has 0 fully saturated rings. The Morgan fingerprint density at radius 1 is 0.950 bits per heavy atom. The Bertz CT molecular complexity index is 417. The molecule has 0 bridgehead atoms. The number of hydrogen-bond donors (Lipinski definition) is 1. The summed E-state index contributed by atoms with van der Waals surface area (Å²) in [5.74, 6) is 0. The molecule has 0 aliphatic carbocycles. The molecule has 1 nitrogen and oxygen atoms in total. The van der Waals surface area contributed by atoms with E-state index in [-0.39, 0.29) is 11.6 Å². The average molecular weight is 299 g/mol. The fourth-order valence-electron chi connectivity index (χ4n) is 1.78. The standard InChI is InChI=1S/C13H15F6N/c1-2-3-4-11(20)8-5-9(12(14,15)16)7-10(6-8)13(17,18)19/h5-7,11H,2-4,20H2,1H3/t11-/m1/s1. The summed E-state index contributed by atoms with van der Waals surface area (Å²) in [6.07, 6.45) is -7.92. The van der Waals surface area contributed by atoms with Crippen LogP contribution in [0.2, 0.25) is 0 Å². The van der Waals surface area contributed by atoms with Gasteiger partial charge in [-0.15, -0.1) is 0 Å². The molecule has 0 aliphatic heterocycles. The predicted molar refractivity (Wildman–Crippen MR) is 62.9 cm³/mol. The smallest absolute Gasteiger partial charge is 0.324 e. The number of benzene rings is 1. The van der Waals surface area contributed by atoms with Gasteiger partial charge >= 0.3 is 12.4 Å². The molecule has 0 amide bonds. The summed E-state index contributed by atoms with van der Waals surface area (Å²) >= 11 is 0. The minimum Gasteiger partial charge on any atom is -0.324 e. The topological polar surface area (TPSA) is 26.0 Å². The summed E-state index contributed by atoms with van der Waals surface area (Å²) in [5.41, 5.74) is 2.88. The van der Waals surface area contributed by atoms with Gasteiger partial charge in [0.05, 0.1) is 11.1 Å². The summed E-state index contributed by atoms with van der Waals surface area (Å²) in [5, 5.41) is 0. The van der Waals surface area contributed by atoms with Crippen LogP contribution in [0.1, 0.15) is 48.9 Å². The highest BCUT2D eigenvalue weighted by molar-refractivity contribution is 5.35. The van der Waals surface area contributed by atoms with E-state index < -0.39 is 29.5 Å². The van der Waals surface area contributed by atoms with Crippen molar-refractivity contribution < 1.29 is 26.3 Å². The van der Waals surface area contributed by atoms with Gasteiger partial charge in [0, 0.05) is 6.04 Å². The lowest BCUT2D eigenvalue weighted by Gasteiger charge is -2.17. The van der Waals surface area contributed by atoms with Gasteiger partial charge in [0.1, 0.15) is 0 Å². The first kappa shape index (κ1) is 16.8. The summed E-state index contributed by atoms with van der Waals surface area (Å²) < 4.78 is 75.9. The lowest BCUT2D eigenvalue weighted by atomic mass is 9.97. The molecule has 0 spiro atoms. The quantitative estimate of drug-likeness (QED) is 0.785. The van der Waals surface area contributed by atoms with E-state index in [1.807, 2.05) is 6.92 Å². The van der Waals surface area contributed by atoms with E-state index >= 15 is 0 Å². The second-order valence-corrected chi connectivity index (χ2v) is 4.59. The summed E-state index contributed by atoms with van der Waals surface area (Å²) in [4.78, 5) is 0. The van der Waals surface area contributed by atoms with Crippen molar-refractivity contribution in [3.8, 4) is 0 Å². The summed E-state index contributed by atoms with van der Waals surface area (Å²) in [6.45, 7) is 1.86. The van der Waals surface area contributed by atoms with E-state index in [4.69, 9.17) is 5.73 Å². The molecule has 7 heteroatoms. The minimum atomic E-state index is -4.83. The molecule has 0 saturated carbocycles. The van der Waals surface area contributed by atoms with E-state index in [2.05, 4.69) is 0 Å². The molecule has 2 N–H and O–H groups in total. The Kier molecular flexibility index (Phi) is 5.07. The summed E-state index contributed by atoms with van der Waals surface area (Å²) in [7, 11) is 0. The van der Waals surface area contributed by atoms with Crippen LogP contribution in [0.15, 0.2) is 18.2 Å². The van der Waals surface area contributed by atoms with Crippen LogP contribution in [0.3, 0.4) is 0 Å². The van der Waals surface area contributed by atoms with E-state index in [9.17, 15) is 26.3 Å². The number of halogens is 6. The van der Waals surface area contributed by atoms with Gasteiger partial charge in [-0.1, -0.05) is 19.8 Å². The van der Waals surface area contributed by atoms with Crippen LogP contribution in [0.25, 0.3) is 0 Å². The third-order valence-electron chi connectivity index (χ3n) is 2.91. The number of nitrogens with two attached hydrogens (primary N) is 1. The largest absolute Gasteiger partial charge is 0.416 e. The van der Waals surface area contributed by atoms with Gasteiger partial charge < -0.3 is 5.73 Å². The fraction of sp³-hybridized carbons (Fsp3) is 0.538. The minimum absolute atomic E-state index is 0.107. The van der Waals surface area contributed by atoms with Crippen LogP contribution < -0.4 is 5.73 Å². The van der Waals surface area contributed by atoms with Crippen molar-refractivity contribution in [3.05, 3.63) is 34.9 Å². The molecular formula is C13H15F6N. The van der Waals surface area contributed by atoms with Gasteiger partial charge in [0.15, 0.2) is 0 Å². The van der Waals surface area contributed by atoms with Gasteiger partial charge in [-0.3, -0.25) is 0 Å². The van der Waals surface area contributed by atoms with E-state index in [1.54, 1.807) is 0 Å². The molecule has 1 aromatic rings. The molecule has 0 aliphatic rings. The summed E-state index contributed by atoms with van der Waals surface area (Å²) in [6, 6.07) is 0.652. The van der Waals surface area contributed by atoms with Gasteiger partial charge in [-0.2, -0.15) is 26.3 Å². The molecule has 0 aromatic heterocycles.